The van der Waals surface area contributed by atoms with E-state index in [0.717, 1.165) is 11.3 Å². The number of hydrogen-bond donors (Lipinski definition) is 3. The number of amides is 1. The number of rotatable bonds is 5. The second-order valence-corrected chi connectivity index (χ2v) is 6.25. The largest absolute Gasteiger partial charge is 0.496 e. The summed E-state index contributed by atoms with van der Waals surface area (Å²) >= 11 is 4.99. The summed E-state index contributed by atoms with van der Waals surface area (Å²) in [5.74, 6) is 0.498. The Morgan fingerprint density at radius 2 is 2.00 bits per heavy atom. The van der Waals surface area contributed by atoms with Gasteiger partial charge in [-0.1, -0.05) is 25.1 Å². The van der Waals surface area contributed by atoms with Crippen molar-refractivity contribution in [3.05, 3.63) is 68.7 Å². The fourth-order valence-electron chi connectivity index (χ4n) is 2.91. The van der Waals surface area contributed by atoms with Crippen molar-refractivity contribution >= 4 is 29.0 Å². The minimum absolute atomic E-state index is 0.188. The molecule has 0 aliphatic heterocycles. The fourth-order valence-corrected chi connectivity index (χ4v) is 3.11. The molecule has 3 rings (SSSR count). The number of H-pyrrole nitrogens is 2. The Morgan fingerprint density at radius 3 is 2.73 bits per heavy atom. The maximum atomic E-state index is 12.7. The Balaban J connectivity index is 1.92. The molecule has 7 heteroatoms. The number of methoxy groups -OCH3 is 1. The van der Waals surface area contributed by atoms with E-state index in [1.54, 1.807) is 25.3 Å². The van der Waals surface area contributed by atoms with Gasteiger partial charge in [-0.25, -0.2) is 0 Å². The summed E-state index contributed by atoms with van der Waals surface area (Å²) in [5.41, 5.74) is 1.61. The maximum absolute atomic E-state index is 12.7. The Bertz CT molecular complexity index is 1070. The SMILES string of the molecule is CC[C@H](NC(=O)c1ccc2c(=O)[nH]c(=S)[nH]c2c1)c1ccccc1OC. The standard InChI is InChI=1S/C19H19N3O3S/c1-3-14(12-6-4-5-7-16(12)25-2)20-17(23)11-8-9-13-15(10-11)21-19(26)22-18(13)24/h4-10,14H,3H2,1-2H3,(H,20,23)(H2,21,22,24,26)/t14-/m0/s1. The van der Waals surface area contributed by atoms with Crippen LogP contribution >= 0.6 is 12.2 Å². The summed E-state index contributed by atoms with van der Waals surface area (Å²) in [5, 5.41) is 3.47. The first kappa shape index (κ1) is 17.9. The number of fused-ring (bicyclic) bond motifs is 1. The van der Waals surface area contributed by atoms with E-state index < -0.39 is 0 Å². The second-order valence-electron chi connectivity index (χ2n) is 5.84. The van der Waals surface area contributed by atoms with Crippen LogP contribution in [0.1, 0.15) is 35.3 Å². The van der Waals surface area contributed by atoms with E-state index in [-0.39, 0.29) is 22.3 Å². The van der Waals surface area contributed by atoms with E-state index in [1.165, 1.54) is 0 Å². The highest BCUT2D eigenvalue weighted by Gasteiger charge is 2.18. The number of nitrogens with one attached hydrogen (secondary N) is 3. The van der Waals surface area contributed by atoms with Crippen molar-refractivity contribution in [2.24, 2.45) is 0 Å². The summed E-state index contributed by atoms with van der Waals surface area (Å²) in [7, 11) is 1.61. The van der Waals surface area contributed by atoms with Crippen molar-refractivity contribution in [3.8, 4) is 5.75 Å². The van der Waals surface area contributed by atoms with Gasteiger partial charge in [0.05, 0.1) is 24.1 Å². The molecule has 0 bridgehead atoms. The van der Waals surface area contributed by atoms with Crippen LogP contribution in [-0.2, 0) is 0 Å². The summed E-state index contributed by atoms with van der Waals surface area (Å²) < 4.78 is 5.62. The van der Waals surface area contributed by atoms with Gasteiger partial charge in [0.1, 0.15) is 5.75 Å². The van der Waals surface area contributed by atoms with Crippen LogP contribution in [0.25, 0.3) is 10.9 Å². The Labute approximate surface area is 155 Å². The molecule has 0 unspecified atom stereocenters. The lowest BCUT2D eigenvalue weighted by molar-refractivity contribution is 0.0935. The lowest BCUT2D eigenvalue weighted by Crippen LogP contribution is -2.28. The van der Waals surface area contributed by atoms with E-state index in [9.17, 15) is 9.59 Å². The molecule has 1 amide bonds. The molecule has 134 valence electrons. The van der Waals surface area contributed by atoms with Gasteiger partial charge >= 0.3 is 0 Å². The highest BCUT2D eigenvalue weighted by Crippen LogP contribution is 2.27. The zero-order chi connectivity index (χ0) is 18.7. The van der Waals surface area contributed by atoms with Crippen LogP contribution in [0.2, 0.25) is 0 Å². The zero-order valence-corrected chi connectivity index (χ0v) is 15.3. The molecule has 6 nitrogen and oxygen atoms in total. The lowest BCUT2D eigenvalue weighted by atomic mass is 10.0. The first-order valence-corrected chi connectivity index (χ1v) is 8.64. The van der Waals surface area contributed by atoms with Gasteiger partial charge < -0.3 is 15.0 Å². The van der Waals surface area contributed by atoms with Crippen LogP contribution in [-0.4, -0.2) is 23.0 Å². The number of para-hydroxylation sites is 1. The van der Waals surface area contributed by atoms with Crippen molar-refractivity contribution < 1.29 is 9.53 Å². The van der Waals surface area contributed by atoms with Gasteiger partial charge in [-0.05, 0) is 42.9 Å². The molecule has 0 radical (unpaired) electrons. The molecule has 1 aromatic heterocycles. The van der Waals surface area contributed by atoms with E-state index in [0.29, 0.717) is 22.9 Å². The average molecular weight is 369 g/mol. The van der Waals surface area contributed by atoms with Gasteiger partial charge in [0, 0.05) is 11.1 Å². The molecule has 1 heterocycles. The molecule has 0 spiro atoms. The third kappa shape index (κ3) is 3.52. The van der Waals surface area contributed by atoms with Crippen LogP contribution in [0, 0.1) is 4.77 Å². The third-order valence-corrected chi connectivity index (χ3v) is 4.43. The molecule has 1 atom stereocenters. The number of aromatic nitrogens is 2. The van der Waals surface area contributed by atoms with Crippen LogP contribution in [0.4, 0.5) is 0 Å². The molecule has 0 aliphatic carbocycles. The van der Waals surface area contributed by atoms with Gasteiger partial charge in [0.15, 0.2) is 4.77 Å². The van der Waals surface area contributed by atoms with Crippen molar-refractivity contribution in [2.75, 3.05) is 7.11 Å². The van der Waals surface area contributed by atoms with Gasteiger partial charge in [0.25, 0.3) is 11.5 Å². The zero-order valence-electron chi connectivity index (χ0n) is 14.5. The van der Waals surface area contributed by atoms with Crippen molar-refractivity contribution in [3.63, 3.8) is 0 Å². The van der Waals surface area contributed by atoms with Crippen LogP contribution in [0.5, 0.6) is 5.75 Å². The monoisotopic (exact) mass is 369 g/mol. The topological polar surface area (TPSA) is 87.0 Å². The summed E-state index contributed by atoms with van der Waals surface area (Å²) in [6.07, 6.45) is 0.710. The number of hydrogen-bond acceptors (Lipinski definition) is 4. The molecule has 26 heavy (non-hydrogen) atoms. The molecular formula is C19H19N3O3S. The first-order valence-electron chi connectivity index (χ1n) is 8.23. The smallest absolute Gasteiger partial charge is 0.259 e. The normalized spacial score (nSPS) is 11.9. The predicted octanol–water partition coefficient (Wildman–Crippen LogP) is 3.48. The minimum atomic E-state index is -0.281. The number of ether oxygens (including phenoxy) is 1. The van der Waals surface area contributed by atoms with Gasteiger partial charge in [-0.2, -0.15) is 0 Å². The van der Waals surface area contributed by atoms with E-state index in [4.69, 9.17) is 17.0 Å². The van der Waals surface area contributed by atoms with Gasteiger partial charge in [-0.3, -0.25) is 14.6 Å². The number of benzene rings is 2. The van der Waals surface area contributed by atoms with E-state index >= 15 is 0 Å². The third-order valence-electron chi connectivity index (χ3n) is 4.23. The molecule has 0 aliphatic rings. The summed E-state index contributed by atoms with van der Waals surface area (Å²) in [4.78, 5) is 30.1. The van der Waals surface area contributed by atoms with Crippen LogP contribution in [0.15, 0.2) is 47.3 Å². The predicted molar refractivity (Wildman–Crippen MR) is 103 cm³/mol. The number of carbonyl (C=O) groups excluding carboxylic acids is 1. The van der Waals surface area contributed by atoms with E-state index in [1.807, 2.05) is 31.2 Å². The maximum Gasteiger partial charge on any atom is 0.259 e. The molecule has 3 aromatic rings. The van der Waals surface area contributed by atoms with Gasteiger partial charge in [-0.15, -0.1) is 0 Å². The lowest BCUT2D eigenvalue weighted by Gasteiger charge is -2.20. The number of carbonyl (C=O) groups is 1. The molecule has 0 fully saturated rings. The summed E-state index contributed by atoms with van der Waals surface area (Å²) in [6, 6.07) is 12.3. The second kappa shape index (κ2) is 7.53. The molecule has 0 saturated carbocycles. The summed E-state index contributed by atoms with van der Waals surface area (Å²) in [6.45, 7) is 1.99. The van der Waals surface area contributed by atoms with Crippen molar-refractivity contribution in [2.45, 2.75) is 19.4 Å². The highest BCUT2D eigenvalue weighted by molar-refractivity contribution is 7.71. The minimum Gasteiger partial charge on any atom is -0.496 e. The van der Waals surface area contributed by atoms with Gasteiger partial charge in [0.2, 0.25) is 0 Å². The Kier molecular flexibility index (Phi) is 5.18. The van der Waals surface area contributed by atoms with E-state index in [2.05, 4.69) is 15.3 Å². The quantitative estimate of drug-likeness (QED) is 0.601. The molecule has 3 N–H and O–H groups in total. The Hall–Kier alpha value is -2.93. The molecule has 0 saturated heterocycles. The average Bonchev–Trinajstić information content (AvgIpc) is 2.65. The van der Waals surface area contributed by atoms with Crippen LogP contribution < -0.4 is 15.6 Å². The fraction of sp³-hybridized carbons (Fsp3) is 0.211. The molecule has 2 aromatic carbocycles. The van der Waals surface area contributed by atoms with Crippen LogP contribution in [0.3, 0.4) is 0 Å². The van der Waals surface area contributed by atoms with Crippen molar-refractivity contribution in [1.29, 1.82) is 0 Å². The van der Waals surface area contributed by atoms with Crippen molar-refractivity contribution in [1.82, 2.24) is 15.3 Å². The number of aromatic amines is 2. The molecular weight excluding hydrogens is 350 g/mol. The Morgan fingerprint density at radius 1 is 1.23 bits per heavy atom. The highest BCUT2D eigenvalue weighted by atomic mass is 32.1. The first-order chi connectivity index (χ1) is 12.5.